The fourth-order valence-electron chi connectivity index (χ4n) is 3.35. The van der Waals surface area contributed by atoms with Crippen molar-refractivity contribution in [3.63, 3.8) is 0 Å². The highest BCUT2D eigenvalue weighted by molar-refractivity contribution is 5.76. The van der Waals surface area contributed by atoms with E-state index in [0.29, 0.717) is 5.92 Å². The van der Waals surface area contributed by atoms with E-state index in [-0.39, 0.29) is 0 Å². The molecular formula is C21H22N2O. The topological polar surface area (TPSA) is 38.1 Å². The highest BCUT2D eigenvalue weighted by Crippen LogP contribution is 2.36. The predicted octanol–water partition coefficient (Wildman–Crippen LogP) is 4.87. The zero-order chi connectivity index (χ0) is 16.2. The van der Waals surface area contributed by atoms with Crippen molar-refractivity contribution in [2.24, 2.45) is 0 Å². The van der Waals surface area contributed by atoms with Gasteiger partial charge in [0, 0.05) is 17.0 Å². The fraction of sp³-hybridized carbons (Fsp3) is 0.286. The monoisotopic (exact) mass is 318 g/mol. The largest absolute Gasteiger partial charge is 0.440 e. The van der Waals surface area contributed by atoms with Gasteiger partial charge in [0.2, 0.25) is 0 Å². The normalized spacial score (nSPS) is 18.2. The molecule has 0 amide bonds. The van der Waals surface area contributed by atoms with Crippen LogP contribution in [0.2, 0.25) is 0 Å². The predicted molar refractivity (Wildman–Crippen MR) is 96.8 cm³/mol. The maximum Gasteiger partial charge on any atom is 0.198 e. The first-order chi connectivity index (χ1) is 11.9. The second-order valence-electron chi connectivity index (χ2n) is 6.34. The lowest BCUT2D eigenvalue weighted by molar-refractivity contribution is 0.431. The Morgan fingerprint density at radius 2 is 1.54 bits per heavy atom. The van der Waals surface area contributed by atoms with Crippen LogP contribution in [0, 0.1) is 0 Å². The van der Waals surface area contributed by atoms with Crippen molar-refractivity contribution in [1.82, 2.24) is 10.3 Å². The van der Waals surface area contributed by atoms with Gasteiger partial charge in [0.15, 0.2) is 11.7 Å². The molecule has 1 aliphatic heterocycles. The maximum absolute atomic E-state index is 6.31. The Balaban J connectivity index is 1.79. The minimum absolute atomic E-state index is 0.403. The summed E-state index contributed by atoms with van der Waals surface area (Å²) < 4.78 is 6.31. The van der Waals surface area contributed by atoms with Crippen LogP contribution >= 0.6 is 0 Å². The summed E-state index contributed by atoms with van der Waals surface area (Å²) >= 11 is 0. The number of rotatable bonds is 3. The molecule has 3 heteroatoms. The Morgan fingerprint density at radius 3 is 2.29 bits per heavy atom. The van der Waals surface area contributed by atoms with E-state index in [1.54, 1.807) is 0 Å². The van der Waals surface area contributed by atoms with Crippen LogP contribution < -0.4 is 5.32 Å². The molecule has 1 aromatic heterocycles. The highest BCUT2D eigenvalue weighted by atomic mass is 16.4. The van der Waals surface area contributed by atoms with Gasteiger partial charge < -0.3 is 9.73 Å². The lowest BCUT2D eigenvalue weighted by Gasteiger charge is -2.08. The van der Waals surface area contributed by atoms with Gasteiger partial charge in [-0.2, -0.15) is 0 Å². The summed E-state index contributed by atoms with van der Waals surface area (Å²) in [5.41, 5.74) is 3.15. The fourth-order valence-corrected chi connectivity index (χ4v) is 3.35. The minimum atomic E-state index is 0.403. The zero-order valence-electron chi connectivity index (χ0n) is 13.7. The summed E-state index contributed by atoms with van der Waals surface area (Å²) in [6, 6.07) is 20.6. The number of oxazole rings is 1. The van der Waals surface area contributed by atoms with Crippen molar-refractivity contribution >= 4 is 0 Å². The van der Waals surface area contributed by atoms with Crippen LogP contribution in [0.4, 0.5) is 0 Å². The third-order valence-corrected chi connectivity index (χ3v) is 4.65. The van der Waals surface area contributed by atoms with E-state index < -0.39 is 0 Å². The van der Waals surface area contributed by atoms with Crippen LogP contribution in [-0.4, -0.2) is 18.1 Å². The van der Waals surface area contributed by atoms with E-state index in [0.717, 1.165) is 54.4 Å². The van der Waals surface area contributed by atoms with Crippen LogP contribution in [0.1, 0.15) is 31.1 Å². The Hall–Kier alpha value is -2.39. The molecule has 122 valence electrons. The summed E-state index contributed by atoms with van der Waals surface area (Å²) in [7, 11) is 0. The van der Waals surface area contributed by atoms with E-state index in [1.807, 2.05) is 36.4 Å². The van der Waals surface area contributed by atoms with Gasteiger partial charge in [-0.3, -0.25) is 0 Å². The van der Waals surface area contributed by atoms with Crippen molar-refractivity contribution in [2.75, 3.05) is 13.1 Å². The molecule has 0 radical (unpaired) electrons. The van der Waals surface area contributed by atoms with Gasteiger partial charge in [-0.1, -0.05) is 60.7 Å². The Kier molecular flexibility index (Phi) is 4.43. The first-order valence-corrected chi connectivity index (χ1v) is 8.74. The summed E-state index contributed by atoms with van der Waals surface area (Å²) in [6.07, 6.45) is 3.40. The van der Waals surface area contributed by atoms with E-state index in [4.69, 9.17) is 9.40 Å². The maximum atomic E-state index is 6.31. The Bertz CT molecular complexity index is 715. The molecule has 1 atom stereocenters. The first-order valence-electron chi connectivity index (χ1n) is 8.74. The van der Waals surface area contributed by atoms with Crippen LogP contribution in [0.15, 0.2) is 65.1 Å². The average molecular weight is 318 g/mol. The molecular weight excluding hydrogens is 296 g/mol. The highest BCUT2D eigenvalue weighted by Gasteiger charge is 2.23. The second kappa shape index (κ2) is 7.02. The number of nitrogens with one attached hydrogen (secondary N) is 1. The number of hydrogen-bond donors (Lipinski definition) is 1. The Morgan fingerprint density at radius 1 is 0.833 bits per heavy atom. The minimum Gasteiger partial charge on any atom is -0.440 e. The smallest absolute Gasteiger partial charge is 0.198 e. The van der Waals surface area contributed by atoms with Crippen molar-refractivity contribution in [2.45, 2.75) is 25.2 Å². The molecule has 2 heterocycles. The quantitative estimate of drug-likeness (QED) is 0.749. The third-order valence-electron chi connectivity index (χ3n) is 4.65. The van der Waals surface area contributed by atoms with Gasteiger partial charge in [-0.25, -0.2) is 4.98 Å². The molecule has 1 fully saturated rings. The van der Waals surface area contributed by atoms with Crippen molar-refractivity contribution in [1.29, 1.82) is 0 Å². The number of hydrogen-bond acceptors (Lipinski definition) is 3. The van der Waals surface area contributed by atoms with Crippen LogP contribution in [0.3, 0.4) is 0 Å². The van der Waals surface area contributed by atoms with Gasteiger partial charge in [-0.05, 0) is 32.4 Å². The van der Waals surface area contributed by atoms with Crippen molar-refractivity contribution in [3.8, 4) is 22.6 Å². The van der Waals surface area contributed by atoms with E-state index in [2.05, 4.69) is 29.6 Å². The molecule has 1 aliphatic rings. The Labute approximate surface area is 142 Å². The van der Waals surface area contributed by atoms with Crippen molar-refractivity contribution in [3.05, 3.63) is 66.6 Å². The van der Waals surface area contributed by atoms with E-state index in [9.17, 15) is 0 Å². The molecule has 0 bridgehead atoms. The number of aromatic nitrogens is 1. The lowest BCUT2D eigenvalue weighted by Crippen LogP contribution is -2.13. The molecule has 1 N–H and O–H groups in total. The molecule has 1 unspecified atom stereocenters. The standard InChI is InChI=1S/C21H22N2O/c1-3-8-16(9-4-1)19-20(17-10-5-2-6-11-17)24-21(23-19)18-12-7-14-22-15-13-18/h1-6,8-11,18,22H,7,12-15H2. The molecule has 0 aliphatic carbocycles. The number of nitrogens with zero attached hydrogens (tertiary/aromatic N) is 1. The van der Waals surface area contributed by atoms with Crippen LogP contribution in [0.25, 0.3) is 22.6 Å². The summed E-state index contributed by atoms with van der Waals surface area (Å²) in [6.45, 7) is 2.13. The molecule has 24 heavy (non-hydrogen) atoms. The van der Waals surface area contributed by atoms with Crippen LogP contribution in [-0.2, 0) is 0 Å². The summed E-state index contributed by atoms with van der Waals surface area (Å²) in [5, 5.41) is 3.46. The molecule has 2 aromatic carbocycles. The van der Waals surface area contributed by atoms with Crippen LogP contribution in [0.5, 0.6) is 0 Å². The lowest BCUT2D eigenvalue weighted by atomic mass is 10.0. The molecule has 4 rings (SSSR count). The van der Waals surface area contributed by atoms with Gasteiger partial charge in [0.05, 0.1) is 0 Å². The molecule has 3 nitrogen and oxygen atoms in total. The second-order valence-corrected chi connectivity index (χ2v) is 6.34. The summed E-state index contributed by atoms with van der Waals surface area (Å²) in [4.78, 5) is 4.93. The first kappa shape index (κ1) is 15.2. The molecule has 0 spiro atoms. The van der Waals surface area contributed by atoms with Gasteiger partial charge in [-0.15, -0.1) is 0 Å². The van der Waals surface area contributed by atoms with E-state index >= 15 is 0 Å². The average Bonchev–Trinajstić information content (AvgIpc) is 2.91. The van der Waals surface area contributed by atoms with Gasteiger partial charge in [0.1, 0.15) is 5.69 Å². The third kappa shape index (κ3) is 3.13. The van der Waals surface area contributed by atoms with Gasteiger partial charge in [0.25, 0.3) is 0 Å². The SMILES string of the molecule is c1ccc(-c2nc(C3CCCNCC3)oc2-c2ccccc2)cc1. The number of benzene rings is 2. The van der Waals surface area contributed by atoms with Crippen molar-refractivity contribution < 1.29 is 4.42 Å². The molecule has 3 aromatic rings. The van der Waals surface area contributed by atoms with E-state index in [1.165, 1.54) is 6.42 Å². The summed E-state index contributed by atoms with van der Waals surface area (Å²) in [5.74, 6) is 2.17. The molecule has 1 saturated heterocycles. The van der Waals surface area contributed by atoms with Gasteiger partial charge >= 0.3 is 0 Å². The zero-order valence-corrected chi connectivity index (χ0v) is 13.7. The molecule has 0 saturated carbocycles.